The Labute approximate surface area is 193 Å². The predicted octanol–water partition coefficient (Wildman–Crippen LogP) is 2.59. The van der Waals surface area contributed by atoms with Crippen molar-refractivity contribution in [2.75, 3.05) is 7.11 Å². The zero-order chi connectivity index (χ0) is 23.8. The standard InChI is InChI=1S/C25H22N4O5/c1-3-27-15-26-23-22(27)24(31)29(25(32)28(23)13-16-7-5-4-6-8-16)14-17-11-21(30)34-20-12-18(33-2)9-10-19(17)20/h4-12,15H,3,13-14H2,1-2H3. The average molecular weight is 458 g/mol. The van der Waals surface area contributed by atoms with Crippen molar-refractivity contribution in [3.05, 3.63) is 103 Å². The van der Waals surface area contributed by atoms with E-state index in [1.807, 2.05) is 37.3 Å². The van der Waals surface area contributed by atoms with Crippen LogP contribution in [-0.4, -0.2) is 25.8 Å². The number of nitrogens with zero attached hydrogens (tertiary/aromatic N) is 4. The molecule has 0 aliphatic rings. The summed E-state index contributed by atoms with van der Waals surface area (Å²) in [4.78, 5) is 43.7. The van der Waals surface area contributed by atoms with E-state index < -0.39 is 16.9 Å². The highest BCUT2D eigenvalue weighted by Gasteiger charge is 2.19. The molecule has 0 amide bonds. The third-order valence-corrected chi connectivity index (χ3v) is 5.87. The molecule has 3 heterocycles. The third-order valence-electron chi connectivity index (χ3n) is 5.87. The van der Waals surface area contributed by atoms with Gasteiger partial charge < -0.3 is 13.7 Å². The first kappa shape index (κ1) is 21.4. The van der Waals surface area contributed by atoms with Gasteiger partial charge in [0.15, 0.2) is 11.2 Å². The highest BCUT2D eigenvalue weighted by atomic mass is 16.5. The van der Waals surface area contributed by atoms with Crippen LogP contribution in [0.4, 0.5) is 0 Å². The van der Waals surface area contributed by atoms with E-state index in [2.05, 4.69) is 4.98 Å². The molecule has 34 heavy (non-hydrogen) atoms. The molecule has 0 saturated carbocycles. The Morgan fingerprint density at radius 3 is 2.50 bits per heavy atom. The normalized spacial score (nSPS) is 11.4. The molecule has 0 aliphatic heterocycles. The molecule has 9 nitrogen and oxygen atoms in total. The number of hydrogen-bond donors (Lipinski definition) is 0. The Balaban J connectivity index is 1.74. The van der Waals surface area contributed by atoms with E-state index in [1.165, 1.54) is 17.7 Å². The van der Waals surface area contributed by atoms with Crippen LogP contribution in [0.3, 0.4) is 0 Å². The third kappa shape index (κ3) is 3.61. The molecule has 3 aromatic heterocycles. The Morgan fingerprint density at radius 2 is 1.76 bits per heavy atom. The number of rotatable bonds is 6. The van der Waals surface area contributed by atoms with Crippen molar-refractivity contribution in [2.45, 2.75) is 26.6 Å². The SMILES string of the molecule is CCn1cnc2c1c(=O)n(Cc1cc(=O)oc3cc(OC)ccc13)c(=O)n2Cc1ccccc1. The molecular weight excluding hydrogens is 436 g/mol. The van der Waals surface area contributed by atoms with Gasteiger partial charge in [0.05, 0.1) is 26.5 Å². The van der Waals surface area contributed by atoms with Gasteiger partial charge in [-0.15, -0.1) is 0 Å². The largest absolute Gasteiger partial charge is 0.497 e. The number of aromatic nitrogens is 4. The summed E-state index contributed by atoms with van der Waals surface area (Å²) in [7, 11) is 1.52. The number of ether oxygens (including phenoxy) is 1. The Morgan fingerprint density at radius 1 is 0.971 bits per heavy atom. The maximum absolute atomic E-state index is 13.6. The van der Waals surface area contributed by atoms with E-state index in [-0.39, 0.29) is 13.1 Å². The van der Waals surface area contributed by atoms with Crippen LogP contribution in [0.15, 0.2) is 79.7 Å². The van der Waals surface area contributed by atoms with Gasteiger partial charge in [-0.1, -0.05) is 30.3 Å². The van der Waals surface area contributed by atoms with Crippen LogP contribution < -0.4 is 21.6 Å². The molecule has 2 aromatic carbocycles. The summed E-state index contributed by atoms with van der Waals surface area (Å²) in [6, 6.07) is 15.9. The Kier molecular flexibility index (Phi) is 5.37. The summed E-state index contributed by atoms with van der Waals surface area (Å²) in [6.07, 6.45) is 1.57. The summed E-state index contributed by atoms with van der Waals surface area (Å²) in [5.74, 6) is 0.531. The monoisotopic (exact) mass is 458 g/mol. The lowest BCUT2D eigenvalue weighted by Crippen LogP contribution is -2.41. The summed E-state index contributed by atoms with van der Waals surface area (Å²) in [5, 5.41) is 0.616. The predicted molar refractivity (Wildman–Crippen MR) is 128 cm³/mol. The zero-order valence-electron chi connectivity index (χ0n) is 18.7. The minimum absolute atomic E-state index is 0.0915. The number of benzene rings is 2. The number of fused-ring (bicyclic) bond motifs is 2. The van der Waals surface area contributed by atoms with Gasteiger partial charge in [-0.05, 0) is 30.2 Å². The molecule has 5 rings (SSSR count). The van der Waals surface area contributed by atoms with Gasteiger partial charge in [-0.3, -0.25) is 13.9 Å². The van der Waals surface area contributed by atoms with Crippen LogP contribution in [0.25, 0.3) is 22.1 Å². The van der Waals surface area contributed by atoms with Crippen LogP contribution in [0.1, 0.15) is 18.1 Å². The average Bonchev–Trinajstić information content (AvgIpc) is 3.28. The number of aryl methyl sites for hydroxylation is 1. The quantitative estimate of drug-likeness (QED) is 0.363. The molecule has 9 heteroatoms. The van der Waals surface area contributed by atoms with Gasteiger partial charge in [-0.25, -0.2) is 14.6 Å². The lowest BCUT2D eigenvalue weighted by Gasteiger charge is -2.13. The fourth-order valence-corrected chi connectivity index (χ4v) is 4.16. The van der Waals surface area contributed by atoms with Crippen molar-refractivity contribution in [1.82, 2.24) is 18.7 Å². The summed E-state index contributed by atoms with van der Waals surface area (Å²) < 4.78 is 14.9. The lowest BCUT2D eigenvalue weighted by atomic mass is 10.1. The molecule has 0 radical (unpaired) electrons. The first-order valence-electron chi connectivity index (χ1n) is 10.8. The molecule has 0 unspecified atom stereocenters. The fourth-order valence-electron chi connectivity index (χ4n) is 4.16. The summed E-state index contributed by atoms with van der Waals surface area (Å²) in [5.41, 5.74) is 0.857. The maximum Gasteiger partial charge on any atom is 0.336 e. The van der Waals surface area contributed by atoms with E-state index >= 15 is 0 Å². The highest BCUT2D eigenvalue weighted by molar-refractivity contribution is 5.81. The van der Waals surface area contributed by atoms with Crippen LogP contribution in [0.2, 0.25) is 0 Å². The molecule has 5 aromatic rings. The Bertz CT molecular complexity index is 1690. The van der Waals surface area contributed by atoms with Gasteiger partial charge in [0, 0.05) is 24.1 Å². The second-order valence-electron chi connectivity index (χ2n) is 7.90. The topological polar surface area (TPSA) is 101 Å². The second-order valence-corrected chi connectivity index (χ2v) is 7.90. The summed E-state index contributed by atoms with van der Waals surface area (Å²) in [6.45, 7) is 2.59. The van der Waals surface area contributed by atoms with Crippen molar-refractivity contribution in [3.63, 3.8) is 0 Å². The number of imidazole rings is 1. The minimum atomic E-state index is -0.576. The zero-order valence-corrected chi connectivity index (χ0v) is 18.7. The van der Waals surface area contributed by atoms with Crippen molar-refractivity contribution in [3.8, 4) is 5.75 Å². The Hall–Kier alpha value is -4.40. The van der Waals surface area contributed by atoms with Crippen molar-refractivity contribution in [1.29, 1.82) is 0 Å². The van der Waals surface area contributed by atoms with Crippen LogP contribution in [0.5, 0.6) is 5.75 Å². The van der Waals surface area contributed by atoms with Gasteiger partial charge in [-0.2, -0.15) is 0 Å². The van der Waals surface area contributed by atoms with Crippen molar-refractivity contribution < 1.29 is 9.15 Å². The van der Waals surface area contributed by atoms with E-state index in [0.29, 0.717) is 40.0 Å². The smallest absolute Gasteiger partial charge is 0.336 e. The maximum atomic E-state index is 13.6. The minimum Gasteiger partial charge on any atom is -0.497 e. The molecular formula is C25H22N4O5. The molecule has 0 spiro atoms. The number of methoxy groups -OCH3 is 1. The van der Waals surface area contributed by atoms with Crippen LogP contribution in [0, 0.1) is 0 Å². The fraction of sp³-hybridized carbons (Fsp3) is 0.200. The van der Waals surface area contributed by atoms with Crippen molar-refractivity contribution in [2.24, 2.45) is 0 Å². The second kappa shape index (κ2) is 8.51. The van der Waals surface area contributed by atoms with E-state index in [0.717, 1.165) is 10.1 Å². The van der Waals surface area contributed by atoms with Crippen molar-refractivity contribution >= 4 is 22.1 Å². The van der Waals surface area contributed by atoms with E-state index in [9.17, 15) is 14.4 Å². The number of hydrogen-bond acceptors (Lipinski definition) is 6. The highest BCUT2D eigenvalue weighted by Crippen LogP contribution is 2.23. The van der Waals surface area contributed by atoms with Crippen LogP contribution in [-0.2, 0) is 19.6 Å². The molecule has 0 atom stereocenters. The first-order chi connectivity index (χ1) is 16.5. The summed E-state index contributed by atoms with van der Waals surface area (Å²) >= 11 is 0. The van der Waals surface area contributed by atoms with Crippen LogP contribution >= 0.6 is 0 Å². The van der Waals surface area contributed by atoms with E-state index in [1.54, 1.807) is 29.1 Å². The molecule has 0 bridgehead atoms. The molecule has 172 valence electrons. The van der Waals surface area contributed by atoms with E-state index in [4.69, 9.17) is 9.15 Å². The van der Waals surface area contributed by atoms with Gasteiger partial charge in [0.1, 0.15) is 11.3 Å². The van der Waals surface area contributed by atoms with Gasteiger partial charge in [0.2, 0.25) is 0 Å². The molecule has 0 aliphatic carbocycles. The first-order valence-corrected chi connectivity index (χ1v) is 10.8. The van der Waals surface area contributed by atoms with Gasteiger partial charge >= 0.3 is 11.3 Å². The molecule has 0 fully saturated rings. The molecule has 0 N–H and O–H groups in total. The molecule has 0 saturated heterocycles. The van der Waals surface area contributed by atoms with Gasteiger partial charge in [0.25, 0.3) is 5.56 Å². The lowest BCUT2D eigenvalue weighted by molar-refractivity contribution is 0.414.